The molecule has 4 heteroatoms. The first kappa shape index (κ1) is 12.0. The van der Waals surface area contributed by atoms with Gasteiger partial charge in [0.05, 0.1) is 11.5 Å². The number of nitrogens with zero attached hydrogens (tertiary/aromatic N) is 2. The minimum atomic E-state index is 0.230. The molecule has 0 radical (unpaired) electrons. The molecule has 1 saturated heterocycles. The summed E-state index contributed by atoms with van der Waals surface area (Å²) in [6.45, 7) is 4.86. The van der Waals surface area contributed by atoms with Gasteiger partial charge in [0.25, 0.3) is 0 Å². The number of amidine groups is 1. The van der Waals surface area contributed by atoms with E-state index in [-0.39, 0.29) is 5.92 Å². The van der Waals surface area contributed by atoms with Crippen molar-refractivity contribution >= 4 is 5.84 Å². The molecule has 1 aromatic rings. The highest BCUT2D eigenvalue weighted by atomic mass is 15.1. The van der Waals surface area contributed by atoms with Crippen LogP contribution in [-0.4, -0.2) is 28.8 Å². The lowest BCUT2D eigenvalue weighted by molar-refractivity contribution is 0.193. The number of likely N-dealkylation sites (tertiary alicyclic amines) is 1. The zero-order valence-electron chi connectivity index (χ0n) is 10.3. The fraction of sp³-hybridized carbons (Fsp3) is 0.538. The molecule has 2 rings (SSSR count). The molecule has 0 spiro atoms. The summed E-state index contributed by atoms with van der Waals surface area (Å²) in [5, 5.41) is 7.53. The third kappa shape index (κ3) is 3.27. The van der Waals surface area contributed by atoms with Crippen LogP contribution in [0, 0.1) is 18.3 Å². The van der Waals surface area contributed by atoms with E-state index in [1.807, 2.05) is 19.1 Å². The van der Waals surface area contributed by atoms with E-state index in [9.17, 15) is 0 Å². The quantitative estimate of drug-likeness (QED) is 0.613. The van der Waals surface area contributed by atoms with Crippen molar-refractivity contribution in [1.29, 1.82) is 5.41 Å². The fourth-order valence-electron chi connectivity index (χ4n) is 2.37. The summed E-state index contributed by atoms with van der Waals surface area (Å²) < 4.78 is 0. The molecule has 4 nitrogen and oxygen atoms in total. The van der Waals surface area contributed by atoms with E-state index in [2.05, 4.69) is 16.0 Å². The number of aromatic nitrogens is 1. The van der Waals surface area contributed by atoms with Gasteiger partial charge in [-0.05, 0) is 38.4 Å². The topological polar surface area (TPSA) is 66.0 Å². The zero-order chi connectivity index (χ0) is 12.3. The second-order valence-corrected chi connectivity index (χ2v) is 4.80. The Kier molecular flexibility index (Phi) is 3.74. The minimum absolute atomic E-state index is 0.230. The summed E-state index contributed by atoms with van der Waals surface area (Å²) in [6, 6.07) is 6.12. The van der Waals surface area contributed by atoms with Gasteiger partial charge in [0.1, 0.15) is 0 Å². The smallest absolute Gasteiger partial charge is 0.0949 e. The Bertz CT molecular complexity index is 402. The van der Waals surface area contributed by atoms with Gasteiger partial charge in [-0.3, -0.25) is 15.3 Å². The summed E-state index contributed by atoms with van der Waals surface area (Å²) in [7, 11) is 0. The Morgan fingerprint density at radius 1 is 1.59 bits per heavy atom. The molecular weight excluding hydrogens is 212 g/mol. The SMILES string of the molecule is Cc1cccc(CN2CCCC(C(=N)N)C2)n1. The van der Waals surface area contributed by atoms with Gasteiger partial charge in [-0.1, -0.05) is 6.07 Å². The van der Waals surface area contributed by atoms with Gasteiger partial charge in [-0.25, -0.2) is 0 Å². The number of piperidine rings is 1. The van der Waals surface area contributed by atoms with Crippen molar-refractivity contribution in [1.82, 2.24) is 9.88 Å². The maximum atomic E-state index is 7.53. The third-order valence-electron chi connectivity index (χ3n) is 3.28. The Hall–Kier alpha value is -1.42. The maximum Gasteiger partial charge on any atom is 0.0949 e. The highest BCUT2D eigenvalue weighted by molar-refractivity contribution is 5.79. The predicted octanol–water partition coefficient (Wildman–Crippen LogP) is 1.54. The second kappa shape index (κ2) is 5.27. The Morgan fingerprint density at radius 2 is 2.41 bits per heavy atom. The van der Waals surface area contributed by atoms with Crippen molar-refractivity contribution in [3.05, 3.63) is 29.6 Å². The normalized spacial score (nSPS) is 21.4. The van der Waals surface area contributed by atoms with E-state index < -0.39 is 0 Å². The van der Waals surface area contributed by atoms with Crippen LogP contribution in [0.2, 0.25) is 0 Å². The van der Waals surface area contributed by atoms with Crippen LogP contribution in [0.5, 0.6) is 0 Å². The first-order chi connectivity index (χ1) is 8.15. The zero-order valence-corrected chi connectivity index (χ0v) is 10.3. The molecule has 1 aromatic heterocycles. The molecule has 3 N–H and O–H groups in total. The van der Waals surface area contributed by atoms with Crippen LogP contribution in [0.4, 0.5) is 0 Å². The highest BCUT2D eigenvalue weighted by Gasteiger charge is 2.22. The molecule has 1 aliphatic heterocycles. The van der Waals surface area contributed by atoms with Gasteiger partial charge in [0.2, 0.25) is 0 Å². The first-order valence-corrected chi connectivity index (χ1v) is 6.14. The van der Waals surface area contributed by atoms with Crippen molar-refractivity contribution in [2.24, 2.45) is 11.7 Å². The lowest BCUT2D eigenvalue weighted by atomic mass is 9.97. The van der Waals surface area contributed by atoms with Crippen LogP contribution in [0.25, 0.3) is 0 Å². The molecule has 1 aliphatic rings. The van der Waals surface area contributed by atoms with Gasteiger partial charge in [-0.15, -0.1) is 0 Å². The van der Waals surface area contributed by atoms with Gasteiger partial charge < -0.3 is 5.73 Å². The molecule has 0 amide bonds. The predicted molar refractivity (Wildman–Crippen MR) is 68.9 cm³/mol. The Morgan fingerprint density at radius 3 is 3.12 bits per heavy atom. The van der Waals surface area contributed by atoms with E-state index in [0.717, 1.165) is 43.9 Å². The average molecular weight is 232 g/mol. The number of nitrogens with two attached hydrogens (primary N) is 1. The standard InChI is InChI=1S/C13H20N4/c1-10-4-2-6-12(16-10)9-17-7-3-5-11(8-17)13(14)15/h2,4,6,11H,3,5,7-9H2,1H3,(H3,14,15). The summed E-state index contributed by atoms with van der Waals surface area (Å²) in [6.07, 6.45) is 2.17. The third-order valence-corrected chi connectivity index (χ3v) is 3.28. The second-order valence-electron chi connectivity index (χ2n) is 4.80. The van der Waals surface area contributed by atoms with Crippen molar-refractivity contribution in [3.8, 4) is 0 Å². The van der Waals surface area contributed by atoms with Crippen molar-refractivity contribution in [2.75, 3.05) is 13.1 Å². The molecule has 2 heterocycles. The number of hydrogen-bond acceptors (Lipinski definition) is 3. The van der Waals surface area contributed by atoms with E-state index >= 15 is 0 Å². The van der Waals surface area contributed by atoms with Crippen molar-refractivity contribution in [3.63, 3.8) is 0 Å². The molecule has 1 unspecified atom stereocenters. The average Bonchev–Trinajstić information content (AvgIpc) is 2.29. The molecule has 92 valence electrons. The van der Waals surface area contributed by atoms with E-state index in [1.54, 1.807) is 0 Å². The first-order valence-electron chi connectivity index (χ1n) is 6.14. The lowest BCUT2D eigenvalue weighted by Gasteiger charge is -2.31. The monoisotopic (exact) mass is 232 g/mol. The molecule has 0 aromatic carbocycles. The van der Waals surface area contributed by atoms with E-state index in [1.165, 1.54) is 0 Å². The van der Waals surface area contributed by atoms with Crippen LogP contribution in [0.1, 0.15) is 24.2 Å². The van der Waals surface area contributed by atoms with Crippen LogP contribution >= 0.6 is 0 Å². The molecule has 0 aliphatic carbocycles. The summed E-state index contributed by atoms with van der Waals surface area (Å²) in [4.78, 5) is 6.86. The summed E-state index contributed by atoms with van der Waals surface area (Å²) in [5.74, 6) is 0.556. The van der Waals surface area contributed by atoms with Gasteiger partial charge in [0, 0.05) is 24.7 Å². The van der Waals surface area contributed by atoms with E-state index in [0.29, 0.717) is 5.84 Å². The van der Waals surface area contributed by atoms with Crippen LogP contribution < -0.4 is 5.73 Å². The van der Waals surface area contributed by atoms with Crippen LogP contribution in [0.3, 0.4) is 0 Å². The molecule has 0 bridgehead atoms. The number of hydrogen-bond donors (Lipinski definition) is 2. The maximum absolute atomic E-state index is 7.53. The molecule has 1 atom stereocenters. The molecule has 17 heavy (non-hydrogen) atoms. The minimum Gasteiger partial charge on any atom is -0.387 e. The van der Waals surface area contributed by atoms with Gasteiger partial charge in [0.15, 0.2) is 0 Å². The number of pyridine rings is 1. The number of nitrogens with one attached hydrogen (secondary N) is 1. The number of aryl methyl sites for hydroxylation is 1. The molecular formula is C13H20N4. The van der Waals surface area contributed by atoms with Crippen molar-refractivity contribution in [2.45, 2.75) is 26.3 Å². The van der Waals surface area contributed by atoms with Gasteiger partial charge in [-0.2, -0.15) is 0 Å². The van der Waals surface area contributed by atoms with Gasteiger partial charge >= 0.3 is 0 Å². The summed E-state index contributed by atoms with van der Waals surface area (Å²) >= 11 is 0. The van der Waals surface area contributed by atoms with Crippen LogP contribution in [0.15, 0.2) is 18.2 Å². The Balaban J connectivity index is 1.97. The molecule has 1 fully saturated rings. The van der Waals surface area contributed by atoms with E-state index in [4.69, 9.17) is 11.1 Å². The highest BCUT2D eigenvalue weighted by Crippen LogP contribution is 2.17. The van der Waals surface area contributed by atoms with Crippen LogP contribution in [-0.2, 0) is 6.54 Å². The van der Waals surface area contributed by atoms with Crippen molar-refractivity contribution < 1.29 is 0 Å². The summed E-state index contributed by atoms with van der Waals surface area (Å²) in [5.41, 5.74) is 7.75. The lowest BCUT2D eigenvalue weighted by Crippen LogP contribution is -2.40. The Labute approximate surface area is 102 Å². The largest absolute Gasteiger partial charge is 0.387 e. The number of rotatable bonds is 3. The molecule has 0 saturated carbocycles. The fourth-order valence-corrected chi connectivity index (χ4v) is 2.37.